The molecule has 0 bridgehead atoms. The van der Waals surface area contributed by atoms with Gasteiger partial charge in [0, 0.05) is 16.6 Å². The molecule has 1 heterocycles. The van der Waals surface area contributed by atoms with Gasteiger partial charge in [0.05, 0.1) is 16.8 Å². The molecule has 4 N–H and O–H groups in total. The lowest BCUT2D eigenvalue weighted by atomic mass is 9.92. The second kappa shape index (κ2) is 9.15. The van der Waals surface area contributed by atoms with E-state index in [0.29, 0.717) is 5.56 Å². The molecule has 2 atom stereocenters. The van der Waals surface area contributed by atoms with Gasteiger partial charge in [0.15, 0.2) is 11.6 Å². The minimum absolute atomic E-state index is 0.0882. The number of rotatable bonds is 9. The summed E-state index contributed by atoms with van der Waals surface area (Å²) in [6.07, 6.45) is 2.13. The highest BCUT2D eigenvalue weighted by molar-refractivity contribution is 5.95. The smallest absolute Gasteiger partial charge is 0.247 e. The number of nitrogens with zero attached hydrogens (tertiary/aromatic N) is 1. The predicted octanol–water partition coefficient (Wildman–Crippen LogP) is 3.44. The molecule has 0 spiro atoms. The lowest BCUT2D eigenvalue weighted by Crippen LogP contribution is -2.33. The zero-order chi connectivity index (χ0) is 23.6. The van der Waals surface area contributed by atoms with Crippen LogP contribution in [0.5, 0.6) is 5.75 Å². The fraction of sp³-hybridized carbons (Fsp3) is 0.320. The molecule has 33 heavy (non-hydrogen) atoms. The van der Waals surface area contributed by atoms with Crippen molar-refractivity contribution < 1.29 is 23.9 Å². The van der Waals surface area contributed by atoms with Crippen LogP contribution < -0.4 is 16.0 Å². The number of primary amides is 1. The topological polar surface area (TPSA) is 115 Å². The monoisotopic (exact) mass is 451 g/mol. The van der Waals surface area contributed by atoms with E-state index in [-0.39, 0.29) is 25.2 Å². The van der Waals surface area contributed by atoms with Crippen molar-refractivity contribution in [3.8, 4) is 5.75 Å². The molecule has 7 nitrogen and oxygen atoms in total. The molecule has 8 heteroatoms. The van der Waals surface area contributed by atoms with Gasteiger partial charge in [0.2, 0.25) is 11.8 Å². The third-order valence-electron chi connectivity index (χ3n) is 6.25. The van der Waals surface area contributed by atoms with Gasteiger partial charge in [0.25, 0.3) is 0 Å². The number of carbonyl (C=O) groups is 2. The van der Waals surface area contributed by atoms with Gasteiger partial charge in [-0.2, -0.15) is 0 Å². The summed E-state index contributed by atoms with van der Waals surface area (Å²) >= 11 is 0. The number of ether oxygens (including phenoxy) is 1. The molecule has 1 aromatic heterocycles. The van der Waals surface area contributed by atoms with Crippen LogP contribution in [0.25, 0.3) is 10.9 Å². The Morgan fingerprint density at radius 3 is 2.76 bits per heavy atom. The average molecular weight is 451 g/mol. The molecular weight excluding hydrogens is 425 g/mol. The number of nitrogens with one attached hydrogen (secondary N) is 1. The number of para-hydroxylation sites is 1. The second-order valence-electron chi connectivity index (χ2n) is 8.52. The quantitative estimate of drug-likeness (QED) is 0.341. The zero-order valence-electron chi connectivity index (χ0n) is 18.3. The predicted molar refractivity (Wildman–Crippen MR) is 120 cm³/mol. The van der Waals surface area contributed by atoms with E-state index >= 15 is 0 Å². The molecule has 1 fully saturated rings. The van der Waals surface area contributed by atoms with Crippen molar-refractivity contribution >= 4 is 22.7 Å². The van der Waals surface area contributed by atoms with Crippen LogP contribution in [0.2, 0.25) is 0 Å². The van der Waals surface area contributed by atoms with Crippen molar-refractivity contribution in [2.45, 2.75) is 39.2 Å². The minimum atomic E-state index is -1.12. The van der Waals surface area contributed by atoms with E-state index < -0.39 is 29.0 Å². The summed E-state index contributed by atoms with van der Waals surface area (Å²) in [6, 6.07) is 14.2. The van der Waals surface area contributed by atoms with Crippen LogP contribution in [0.3, 0.4) is 0 Å². The van der Waals surface area contributed by atoms with E-state index in [0.717, 1.165) is 35.0 Å². The number of aromatic nitrogens is 1. The molecule has 0 radical (unpaired) electrons. The number of halogens is 1. The van der Waals surface area contributed by atoms with Crippen LogP contribution >= 0.6 is 0 Å². The maximum Gasteiger partial charge on any atom is 0.247 e. The van der Waals surface area contributed by atoms with E-state index in [1.165, 1.54) is 12.1 Å². The number of hydrogen-bond acceptors (Lipinski definition) is 5. The standard InChI is InChI=1S/C25H26FN3O4/c1-2-5-17-11-16(18-6-3-4-7-21(18)28-17)14-33-22-9-8-15(10-20(22)26)12-25(24(27)31)13-19(25)23(30)29-32/h3-4,6-11,19,32H,2,5,12-14H2,1H3,(H2,27,31)(H,29,30). The number of nitrogens with two attached hydrogens (primary N) is 1. The van der Waals surface area contributed by atoms with Crippen LogP contribution in [0.15, 0.2) is 48.5 Å². The Labute approximate surface area is 190 Å². The largest absolute Gasteiger partial charge is 0.486 e. The fourth-order valence-corrected chi connectivity index (χ4v) is 4.38. The third kappa shape index (κ3) is 4.52. The van der Waals surface area contributed by atoms with Gasteiger partial charge in [-0.15, -0.1) is 0 Å². The molecule has 2 aromatic carbocycles. The SMILES string of the molecule is CCCc1cc(COc2ccc(CC3(C(N)=O)CC3C(=O)NO)cc2F)c2ccccc2n1. The number of fused-ring (bicyclic) bond motifs is 1. The minimum Gasteiger partial charge on any atom is -0.486 e. The summed E-state index contributed by atoms with van der Waals surface area (Å²) in [5.41, 5.74) is 9.22. The number of amides is 2. The van der Waals surface area contributed by atoms with E-state index in [1.807, 2.05) is 30.3 Å². The molecule has 4 rings (SSSR count). The number of hydroxylamine groups is 1. The number of aryl methyl sites for hydroxylation is 1. The molecule has 0 saturated heterocycles. The first-order chi connectivity index (χ1) is 15.9. The first-order valence-electron chi connectivity index (χ1n) is 10.9. The average Bonchev–Trinajstić information content (AvgIpc) is 3.53. The lowest BCUT2D eigenvalue weighted by molar-refractivity contribution is -0.134. The Balaban J connectivity index is 1.51. The Morgan fingerprint density at radius 1 is 1.27 bits per heavy atom. The molecule has 3 aromatic rings. The summed E-state index contributed by atoms with van der Waals surface area (Å²) in [6.45, 7) is 2.27. The van der Waals surface area contributed by atoms with Gasteiger partial charge in [-0.3, -0.25) is 19.8 Å². The molecule has 1 aliphatic carbocycles. The van der Waals surface area contributed by atoms with Crippen LogP contribution in [0.1, 0.15) is 36.6 Å². The van der Waals surface area contributed by atoms with Crippen LogP contribution in [0, 0.1) is 17.2 Å². The maximum atomic E-state index is 14.8. The molecular formula is C25H26FN3O4. The van der Waals surface area contributed by atoms with Crippen LogP contribution in [0.4, 0.5) is 4.39 Å². The summed E-state index contributed by atoms with van der Waals surface area (Å²) in [4.78, 5) is 28.3. The fourth-order valence-electron chi connectivity index (χ4n) is 4.38. The number of benzene rings is 2. The van der Waals surface area contributed by atoms with Gasteiger partial charge in [0.1, 0.15) is 6.61 Å². The molecule has 2 unspecified atom stereocenters. The van der Waals surface area contributed by atoms with Crippen molar-refractivity contribution in [3.63, 3.8) is 0 Å². The lowest BCUT2D eigenvalue weighted by Gasteiger charge is -2.15. The normalized spacial score (nSPS) is 19.3. The molecule has 0 aliphatic heterocycles. The summed E-state index contributed by atoms with van der Waals surface area (Å²) < 4.78 is 20.6. The van der Waals surface area contributed by atoms with Crippen molar-refractivity contribution in [1.82, 2.24) is 10.5 Å². The molecule has 1 aliphatic rings. The summed E-state index contributed by atoms with van der Waals surface area (Å²) in [7, 11) is 0. The Morgan fingerprint density at radius 2 is 2.06 bits per heavy atom. The van der Waals surface area contributed by atoms with Crippen molar-refractivity contribution in [2.75, 3.05) is 0 Å². The van der Waals surface area contributed by atoms with Crippen molar-refractivity contribution in [1.29, 1.82) is 0 Å². The first kappa shape index (κ1) is 22.7. The first-order valence-corrected chi connectivity index (χ1v) is 10.9. The second-order valence-corrected chi connectivity index (χ2v) is 8.52. The van der Waals surface area contributed by atoms with Gasteiger partial charge in [-0.05, 0) is 49.1 Å². The van der Waals surface area contributed by atoms with Crippen LogP contribution in [-0.4, -0.2) is 22.0 Å². The van der Waals surface area contributed by atoms with E-state index in [9.17, 15) is 14.0 Å². The highest BCUT2D eigenvalue weighted by atomic mass is 19.1. The van der Waals surface area contributed by atoms with Gasteiger partial charge in [-0.1, -0.05) is 37.6 Å². The number of hydrogen-bond donors (Lipinski definition) is 3. The Hall–Kier alpha value is -3.52. The molecule has 1 saturated carbocycles. The van der Waals surface area contributed by atoms with Crippen LogP contribution in [-0.2, 0) is 29.0 Å². The summed E-state index contributed by atoms with van der Waals surface area (Å²) in [5.74, 6) is -2.52. The highest BCUT2D eigenvalue weighted by Gasteiger charge is 2.62. The number of pyridine rings is 1. The molecule has 2 amide bonds. The maximum absolute atomic E-state index is 14.8. The molecule has 172 valence electrons. The Kier molecular flexibility index (Phi) is 6.29. The van der Waals surface area contributed by atoms with E-state index in [4.69, 9.17) is 15.7 Å². The Bertz CT molecular complexity index is 1220. The zero-order valence-corrected chi connectivity index (χ0v) is 18.3. The van der Waals surface area contributed by atoms with Gasteiger partial charge in [-0.25, -0.2) is 9.87 Å². The van der Waals surface area contributed by atoms with E-state index in [2.05, 4.69) is 11.9 Å². The van der Waals surface area contributed by atoms with Crippen molar-refractivity contribution in [2.24, 2.45) is 17.1 Å². The third-order valence-corrected chi connectivity index (χ3v) is 6.25. The van der Waals surface area contributed by atoms with Crippen molar-refractivity contribution in [3.05, 3.63) is 71.2 Å². The van der Waals surface area contributed by atoms with Gasteiger partial charge < -0.3 is 10.5 Å². The van der Waals surface area contributed by atoms with E-state index in [1.54, 1.807) is 11.5 Å². The van der Waals surface area contributed by atoms with Gasteiger partial charge >= 0.3 is 0 Å². The number of carbonyl (C=O) groups excluding carboxylic acids is 2. The summed E-state index contributed by atoms with van der Waals surface area (Å²) in [5, 5.41) is 9.80. The highest BCUT2D eigenvalue weighted by Crippen LogP contribution is 2.54.